The first-order valence-electron chi connectivity index (χ1n) is 14.2. The summed E-state index contributed by atoms with van der Waals surface area (Å²) in [4.78, 5) is 10.3. The molecule has 7 rings (SSSR count). The van der Waals surface area contributed by atoms with Gasteiger partial charge in [-0.3, -0.25) is 0 Å². The second kappa shape index (κ2) is 7.85. The molecule has 1 atom stereocenters. The molecule has 3 aromatic rings. The van der Waals surface area contributed by atoms with Crippen LogP contribution < -0.4 is 25.9 Å². The van der Waals surface area contributed by atoms with E-state index in [-0.39, 0.29) is 17.5 Å². The van der Waals surface area contributed by atoms with Crippen LogP contribution in [-0.2, 0) is 10.8 Å². The lowest BCUT2D eigenvalue weighted by Crippen LogP contribution is -2.58. The largest absolute Gasteiger partial charge is 0.440 e. The van der Waals surface area contributed by atoms with E-state index in [2.05, 4.69) is 77.9 Å². The molecule has 0 amide bonds. The van der Waals surface area contributed by atoms with Crippen molar-refractivity contribution in [3.8, 4) is 23.3 Å². The van der Waals surface area contributed by atoms with Crippen molar-refractivity contribution in [3.05, 3.63) is 53.3 Å². The summed E-state index contributed by atoms with van der Waals surface area (Å²) in [5, 5.41) is 0. The molecule has 0 radical (unpaired) electrons. The van der Waals surface area contributed by atoms with Crippen molar-refractivity contribution in [2.75, 3.05) is 0 Å². The van der Waals surface area contributed by atoms with Gasteiger partial charge >= 0.3 is 0 Å². The minimum absolute atomic E-state index is 0.00515. The molecule has 0 N–H and O–H groups in total. The third-order valence-corrected chi connectivity index (χ3v) is 9.85. The maximum Gasteiger partial charge on any atom is 0.265 e. The van der Waals surface area contributed by atoms with E-state index in [1.165, 1.54) is 54.2 Å². The highest BCUT2D eigenvalue weighted by atomic mass is 16.5. The molecular formula is C32H37BN2O2. The summed E-state index contributed by atoms with van der Waals surface area (Å²) in [6, 6.07) is 13.5. The Morgan fingerprint density at radius 3 is 2.08 bits per heavy atom. The van der Waals surface area contributed by atoms with Crippen LogP contribution in [0.25, 0.3) is 0 Å². The molecule has 2 bridgehead atoms. The second-order valence-electron chi connectivity index (χ2n) is 13.5. The Morgan fingerprint density at radius 1 is 0.892 bits per heavy atom. The molecule has 4 nitrogen and oxygen atoms in total. The van der Waals surface area contributed by atoms with Gasteiger partial charge in [-0.05, 0) is 89.5 Å². The van der Waals surface area contributed by atoms with E-state index in [0.717, 1.165) is 28.7 Å². The van der Waals surface area contributed by atoms with Crippen molar-refractivity contribution in [2.45, 2.75) is 90.4 Å². The zero-order chi connectivity index (χ0) is 25.7. The standard InChI is InChI=1S/C32H37BN2O2/c1-18(2)19(3)21-7-9-25-23(15-21)33-24-16-22(31(4,5)6)8-10-26(24)37-29-27(33)28(36-25)34-30(35-29)32-13-11-20(17-32)12-14-32/h7-10,15-16,18-20H,11-14,17H2,1-6H3. The summed E-state index contributed by atoms with van der Waals surface area (Å²) in [6.07, 6.45) is 6.14. The summed E-state index contributed by atoms with van der Waals surface area (Å²) in [5.41, 5.74) is 6.17. The van der Waals surface area contributed by atoms with E-state index in [0.29, 0.717) is 23.6 Å². The Labute approximate surface area is 221 Å². The average molecular weight is 492 g/mol. The van der Waals surface area contributed by atoms with Gasteiger partial charge < -0.3 is 9.47 Å². The predicted octanol–water partition coefficient (Wildman–Crippen LogP) is 6.09. The summed E-state index contributed by atoms with van der Waals surface area (Å²) in [7, 11) is 0. The molecule has 2 aromatic carbocycles. The van der Waals surface area contributed by atoms with Crippen molar-refractivity contribution < 1.29 is 9.47 Å². The van der Waals surface area contributed by atoms with Crippen molar-refractivity contribution in [3.63, 3.8) is 0 Å². The van der Waals surface area contributed by atoms with Gasteiger partial charge in [-0.15, -0.1) is 0 Å². The van der Waals surface area contributed by atoms with Crippen LogP contribution in [0.5, 0.6) is 23.3 Å². The van der Waals surface area contributed by atoms with Crippen LogP contribution in [0, 0.1) is 11.8 Å². The highest BCUT2D eigenvalue weighted by molar-refractivity contribution is 6.98. The first-order valence-corrected chi connectivity index (χ1v) is 14.2. The Kier molecular flexibility index (Phi) is 4.94. The lowest BCUT2D eigenvalue weighted by Gasteiger charge is -2.35. The predicted molar refractivity (Wildman–Crippen MR) is 150 cm³/mol. The van der Waals surface area contributed by atoms with Crippen molar-refractivity contribution in [2.24, 2.45) is 11.8 Å². The van der Waals surface area contributed by atoms with Crippen molar-refractivity contribution in [1.29, 1.82) is 0 Å². The Bertz CT molecular complexity index is 1400. The summed E-state index contributed by atoms with van der Waals surface area (Å²) < 4.78 is 13.2. The van der Waals surface area contributed by atoms with Gasteiger partial charge in [0, 0.05) is 5.41 Å². The molecule has 4 aliphatic rings. The van der Waals surface area contributed by atoms with Crippen LogP contribution in [0.3, 0.4) is 0 Å². The summed E-state index contributed by atoms with van der Waals surface area (Å²) in [5.74, 6) is 5.98. The number of hydrogen-bond donors (Lipinski definition) is 0. The van der Waals surface area contributed by atoms with Gasteiger partial charge in [0.25, 0.3) is 6.71 Å². The second-order valence-corrected chi connectivity index (χ2v) is 13.5. The third kappa shape index (κ3) is 3.49. The van der Waals surface area contributed by atoms with Gasteiger partial charge in [0.15, 0.2) is 0 Å². The van der Waals surface area contributed by atoms with Crippen molar-refractivity contribution >= 4 is 23.1 Å². The molecule has 190 valence electrons. The monoisotopic (exact) mass is 492 g/mol. The number of benzene rings is 2. The Balaban J connectivity index is 1.44. The number of nitrogens with zero attached hydrogens (tertiary/aromatic N) is 2. The molecule has 2 saturated carbocycles. The number of aromatic nitrogens is 2. The quantitative estimate of drug-likeness (QED) is 0.286. The SMILES string of the molecule is CC(C)C(C)c1ccc2c(c1)B1c3cc(C(C)(C)C)ccc3Oc3nc(C45CCC(CC4)C5)nc(c31)O2. The lowest BCUT2D eigenvalue weighted by molar-refractivity contribution is 0.373. The van der Waals surface area contributed by atoms with Crippen LogP contribution in [0.15, 0.2) is 36.4 Å². The van der Waals surface area contributed by atoms with Crippen LogP contribution in [0.4, 0.5) is 0 Å². The molecule has 2 aliphatic heterocycles. The van der Waals surface area contributed by atoms with E-state index in [1.807, 2.05) is 0 Å². The van der Waals surface area contributed by atoms with E-state index in [4.69, 9.17) is 19.4 Å². The summed E-state index contributed by atoms with van der Waals surface area (Å²) >= 11 is 0. The normalized spacial score (nSPS) is 23.8. The van der Waals surface area contributed by atoms with E-state index >= 15 is 0 Å². The summed E-state index contributed by atoms with van der Waals surface area (Å²) in [6.45, 7) is 13.7. The van der Waals surface area contributed by atoms with Gasteiger partial charge in [0.05, 0.1) is 5.46 Å². The fourth-order valence-corrected chi connectivity index (χ4v) is 7.15. The molecule has 5 heteroatoms. The maximum absolute atomic E-state index is 6.60. The molecule has 2 aliphatic carbocycles. The van der Waals surface area contributed by atoms with Crippen LogP contribution >= 0.6 is 0 Å². The molecular weight excluding hydrogens is 455 g/mol. The number of hydrogen-bond acceptors (Lipinski definition) is 4. The molecule has 0 spiro atoms. The zero-order valence-electron chi connectivity index (χ0n) is 23.0. The smallest absolute Gasteiger partial charge is 0.265 e. The first kappa shape index (κ1) is 23.3. The molecule has 37 heavy (non-hydrogen) atoms. The highest BCUT2D eigenvalue weighted by Gasteiger charge is 2.50. The number of fused-ring (bicyclic) bond motifs is 6. The first-order chi connectivity index (χ1) is 17.6. The molecule has 0 saturated heterocycles. The minimum Gasteiger partial charge on any atom is -0.440 e. The maximum atomic E-state index is 6.60. The third-order valence-electron chi connectivity index (χ3n) is 9.85. The van der Waals surface area contributed by atoms with E-state index in [1.54, 1.807) is 0 Å². The number of ether oxygens (including phenoxy) is 2. The van der Waals surface area contributed by atoms with Gasteiger partial charge in [0.1, 0.15) is 17.3 Å². The minimum atomic E-state index is 0.00515. The lowest BCUT2D eigenvalue weighted by atomic mass is 9.35. The van der Waals surface area contributed by atoms with Crippen LogP contribution in [0.2, 0.25) is 0 Å². The van der Waals surface area contributed by atoms with Gasteiger partial charge in [-0.25, -0.2) is 0 Å². The van der Waals surface area contributed by atoms with Gasteiger partial charge in [-0.2, -0.15) is 9.97 Å². The number of rotatable bonds is 3. The molecule has 1 unspecified atom stereocenters. The van der Waals surface area contributed by atoms with Gasteiger partial charge in [-0.1, -0.05) is 65.8 Å². The van der Waals surface area contributed by atoms with E-state index in [9.17, 15) is 0 Å². The fourth-order valence-electron chi connectivity index (χ4n) is 7.15. The van der Waals surface area contributed by atoms with E-state index < -0.39 is 0 Å². The molecule has 3 heterocycles. The fraction of sp³-hybridized carbons (Fsp3) is 0.500. The average Bonchev–Trinajstić information content (AvgIpc) is 3.49. The Morgan fingerprint density at radius 2 is 1.51 bits per heavy atom. The topological polar surface area (TPSA) is 44.2 Å². The zero-order valence-corrected chi connectivity index (χ0v) is 23.0. The molecule has 2 fully saturated rings. The Hall–Kier alpha value is -2.82. The van der Waals surface area contributed by atoms with Crippen LogP contribution in [-0.4, -0.2) is 16.7 Å². The van der Waals surface area contributed by atoms with Crippen molar-refractivity contribution in [1.82, 2.24) is 9.97 Å². The van der Waals surface area contributed by atoms with Crippen LogP contribution in [0.1, 0.15) is 96.5 Å². The highest BCUT2D eigenvalue weighted by Crippen LogP contribution is 2.55. The van der Waals surface area contributed by atoms with Gasteiger partial charge in [0.2, 0.25) is 11.8 Å². The molecule has 1 aromatic heterocycles.